The monoisotopic (exact) mass is 369 g/mol. The molecular formula is C23H35N3O. The number of carbonyl (C=O) groups is 1. The molecule has 3 aliphatic rings. The number of piperidine rings is 2. The number of likely N-dealkylation sites (tertiary alicyclic amines) is 2. The first-order valence-electron chi connectivity index (χ1n) is 11.1. The van der Waals surface area contributed by atoms with Gasteiger partial charge in [-0.1, -0.05) is 31.2 Å². The molecule has 148 valence electrons. The molecule has 4 heteroatoms. The van der Waals surface area contributed by atoms with Crippen molar-refractivity contribution in [3.63, 3.8) is 0 Å². The van der Waals surface area contributed by atoms with E-state index < -0.39 is 0 Å². The van der Waals surface area contributed by atoms with Crippen LogP contribution in [-0.2, 0) is 17.6 Å². The fourth-order valence-corrected chi connectivity index (χ4v) is 5.35. The van der Waals surface area contributed by atoms with Gasteiger partial charge in [0.2, 0.25) is 5.91 Å². The van der Waals surface area contributed by atoms with Crippen molar-refractivity contribution in [1.29, 1.82) is 0 Å². The van der Waals surface area contributed by atoms with E-state index in [2.05, 4.69) is 46.3 Å². The molecule has 1 aromatic rings. The SMILES string of the molecule is CCCNC(=O)[C@@H]1CCCN(C2CCN(C3Cc4ccccc4C3)CC2)C1. The van der Waals surface area contributed by atoms with E-state index in [-0.39, 0.29) is 11.8 Å². The number of nitrogens with zero attached hydrogens (tertiary/aromatic N) is 2. The Morgan fingerprint density at radius 2 is 1.70 bits per heavy atom. The van der Waals surface area contributed by atoms with Crippen molar-refractivity contribution in [3.05, 3.63) is 35.4 Å². The average Bonchev–Trinajstić information content (AvgIpc) is 3.16. The van der Waals surface area contributed by atoms with Crippen LogP contribution in [0.15, 0.2) is 24.3 Å². The molecule has 2 aliphatic heterocycles. The van der Waals surface area contributed by atoms with Gasteiger partial charge in [-0.05, 0) is 75.7 Å². The number of hydrogen-bond acceptors (Lipinski definition) is 3. The first kappa shape index (κ1) is 18.9. The normalized spacial score (nSPS) is 25.4. The molecule has 4 rings (SSSR count). The minimum atomic E-state index is 0.202. The van der Waals surface area contributed by atoms with Gasteiger partial charge in [0.1, 0.15) is 0 Å². The second-order valence-electron chi connectivity index (χ2n) is 8.72. The van der Waals surface area contributed by atoms with E-state index in [1.807, 2.05) is 0 Å². The maximum atomic E-state index is 12.4. The highest BCUT2D eigenvalue weighted by molar-refractivity contribution is 5.78. The quantitative estimate of drug-likeness (QED) is 0.867. The van der Waals surface area contributed by atoms with Crippen LogP contribution in [0, 0.1) is 5.92 Å². The van der Waals surface area contributed by atoms with Crippen LogP contribution in [0.4, 0.5) is 0 Å². The second kappa shape index (κ2) is 8.74. The fraction of sp³-hybridized carbons (Fsp3) is 0.696. The lowest BCUT2D eigenvalue weighted by atomic mass is 9.92. The number of fused-ring (bicyclic) bond motifs is 1. The topological polar surface area (TPSA) is 35.6 Å². The highest BCUT2D eigenvalue weighted by Gasteiger charge is 2.34. The molecule has 0 aromatic heterocycles. The summed E-state index contributed by atoms with van der Waals surface area (Å²) in [4.78, 5) is 17.7. The van der Waals surface area contributed by atoms with E-state index in [0.717, 1.165) is 25.9 Å². The summed E-state index contributed by atoms with van der Waals surface area (Å²) >= 11 is 0. The molecule has 4 nitrogen and oxygen atoms in total. The maximum Gasteiger partial charge on any atom is 0.224 e. The number of carbonyl (C=O) groups excluding carboxylic acids is 1. The molecule has 1 aromatic carbocycles. The van der Waals surface area contributed by atoms with E-state index in [0.29, 0.717) is 12.1 Å². The maximum absolute atomic E-state index is 12.4. The molecule has 1 aliphatic carbocycles. The number of rotatable bonds is 5. The Kier molecular flexibility index (Phi) is 6.14. The van der Waals surface area contributed by atoms with Gasteiger partial charge in [-0.25, -0.2) is 0 Å². The number of amides is 1. The average molecular weight is 370 g/mol. The number of nitrogens with one attached hydrogen (secondary N) is 1. The molecular weight excluding hydrogens is 334 g/mol. The first-order valence-corrected chi connectivity index (χ1v) is 11.1. The summed E-state index contributed by atoms with van der Waals surface area (Å²) in [6, 6.07) is 10.3. The van der Waals surface area contributed by atoms with E-state index >= 15 is 0 Å². The smallest absolute Gasteiger partial charge is 0.224 e. The molecule has 0 unspecified atom stereocenters. The largest absolute Gasteiger partial charge is 0.356 e. The van der Waals surface area contributed by atoms with Gasteiger partial charge < -0.3 is 5.32 Å². The molecule has 2 heterocycles. The molecule has 1 amide bonds. The summed E-state index contributed by atoms with van der Waals surface area (Å²) in [7, 11) is 0. The zero-order valence-corrected chi connectivity index (χ0v) is 16.8. The third kappa shape index (κ3) is 4.38. The number of benzene rings is 1. The molecule has 0 radical (unpaired) electrons. The molecule has 27 heavy (non-hydrogen) atoms. The standard InChI is InChI=1S/C23H35N3O/c1-2-11-24-23(27)20-8-5-12-26(17-20)21-9-13-25(14-10-21)22-15-18-6-3-4-7-19(18)16-22/h3-4,6-7,20-22H,2,5,8-17H2,1H3,(H,24,27)/t20-/m1/s1. The lowest BCUT2D eigenvalue weighted by Gasteiger charge is -2.43. The molecule has 1 N–H and O–H groups in total. The highest BCUT2D eigenvalue weighted by atomic mass is 16.1. The lowest BCUT2D eigenvalue weighted by Crippen LogP contribution is -2.52. The minimum Gasteiger partial charge on any atom is -0.356 e. The molecule has 0 bridgehead atoms. The van der Waals surface area contributed by atoms with Gasteiger partial charge in [0, 0.05) is 25.2 Å². The molecule has 0 saturated carbocycles. The molecule has 0 spiro atoms. The van der Waals surface area contributed by atoms with Gasteiger partial charge in [-0.15, -0.1) is 0 Å². The zero-order chi connectivity index (χ0) is 18.6. The third-order valence-electron chi connectivity index (χ3n) is 6.93. The Labute approximate surface area is 164 Å². The molecule has 2 saturated heterocycles. The van der Waals surface area contributed by atoms with Crippen molar-refractivity contribution in [2.24, 2.45) is 5.92 Å². The van der Waals surface area contributed by atoms with Crippen LogP contribution >= 0.6 is 0 Å². The van der Waals surface area contributed by atoms with Crippen LogP contribution in [0.5, 0.6) is 0 Å². The van der Waals surface area contributed by atoms with Crippen molar-refractivity contribution in [1.82, 2.24) is 15.1 Å². The summed E-state index contributed by atoms with van der Waals surface area (Å²) in [5.41, 5.74) is 3.11. The first-order chi connectivity index (χ1) is 13.2. The fourth-order valence-electron chi connectivity index (χ4n) is 5.35. The minimum absolute atomic E-state index is 0.202. The van der Waals surface area contributed by atoms with E-state index in [1.54, 1.807) is 11.1 Å². The van der Waals surface area contributed by atoms with Gasteiger partial charge >= 0.3 is 0 Å². The summed E-state index contributed by atoms with van der Waals surface area (Å²) in [6.45, 7) is 7.51. The summed E-state index contributed by atoms with van der Waals surface area (Å²) in [6.07, 6.45) is 8.22. The highest BCUT2D eigenvalue weighted by Crippen LogP contribution is 2.29. The van der Waals surface area contributed by atoms with Crippen molar-refractivity contribution in [2.75, 3.05) is 32.7 Å². The predicted molar refractivity (Wildman–Crippen MR) is 110 cm³/mol. The Morgan fingerprint density at radius 3 is 2.37 bits per heavy atom. The van der Waals surface area contributed by atoms with E-state index in [1.165, 1.54) is 51.7 Å². The molecule has 1 atom stereocenters. The van der Waals surface area contributed by atoms with Crippen molar-refractivity contribution >= 4 is 5.91 Å². The van der Waals surface area contributed by atoms with Crippen LogP contribution in [0.2, 0.25) is 0 Å². The zero-order valence-electron chi connectivity index (χ0n) is 16.8. The second-order valence-corrected chi connectivity index (χ2v) is 8.72. The van der Waals surface area contributed by atoms with Crippen LogP contribution in [0.3, 0.4) is 0 Å². The van der Waals surface area contributed by atoms with Gasteiger partial charge in [0.05, 0.1) is 5.92 Å². The van der Waals surface area contributed by atoms with Crippen LogP contribution in [0.25, 0.3) is 0 Å². The lowest BCUT2D eigenvalue weighted by molar-refractivity contribution is -0.127. The summed E-state index contributed by atoms with van der Waals surface area (Å²) < 4.78 is 0. The Morgan fingerprint density at radius 1 is 1.00 bits per heavy atom. The third-order valence-corrected chi connectivity index (χ3v) is 6.93. The summed E-state index contributed by atoms with van der Waals surface area (Å²) in [5, 5.41) is 3.10. The Bertz CT molecular complexity index is 613. The van der Waals surface area contributed by atoms with Crippen molar-refractivity contribution in [2.45, 2.75) is 64.0 Å². The van der Waals surface area contributed by atoms with Gasteiger partial charge in [0.15, 0.2) is 0 Å². The van der Waals surface area contributed by atoms with Gasteiger partial charge in [-0.2, -0.15) is 0 Å². The number of hydrogen-bond donors (Lipinski definition) is 1. The van der Waals surface area contributed by atoms with Crippen molar-refractivity contribution in [3.8, 4) is 0 Å². The van der Waals surface area contributed by atoms with Gasteiger partial charge in [0.25, 0.3) is 0 Å². The van der Waals surface area contributed by atoms with Crippen molar-refractivity contribution < 1.29 is 4.79 Å². The van der Waals surface area contributed by atoms with Crippen LogP contribution in [0.1, 0.15) is 50.2 Å². The van der Waals surface area contributed by atoms with Crippen LogP contribution in [-0.4, -0.2) is 60.5 Å². The predicted octanol–water partition coefficient (Wildman–Crippen LogP) is 2.86. The van der Waals surface area contributed by atoms with Gasteiger partial charge in [-0.3, -0.25) is 14.6 Å². The van der Waals surface area contributed by atoms with Crippen LogP contribution < -0.4 is 5.32 Å². The van der Waals surface area contributed by atoms with E-state index in [9.17, 15) is 4.79 Å². The van der Waals surface area contributed by atoms with E-state index in [4.69, 9.17) is 0 Å². The Balaban J connectivity index is 1.26. The molecule has 2 fully saturated rings. The Hall–Kier alpha value is -1.39. The summed E-state index contributed by atoms with van der Waals surface area (Å²) in [5.74, 6) is 0.482.